The maximum absolute atomic E-state index is 12.0. The van der Waals surface area contributed by atoms with Gasteiger partial charge in [-0.3, -0.25) is 4.79 Å². The molecule has 1 unspecified atom stereocenters. The summed E-state index contributed by atoms with van der Waals surface area (Å²) >= 11 is 4.67. The molecule has 0 aliphatic rings. The van der Waals surface area contributed by atoms with Crippen molar-refractivity contribution < 1.29 is 9.90 Å². The fraction of sp³-hybridized carbons (Fsp3) is 0.125. The van der Waals surface area contributed by atoms with Crippen LogP contribution in [0.4, 0.5) is 0 Å². The molecular formula is C16H14BrN3O2S. The molecule has 0 bridgehead atoms. The third-order valence-electron chi connectivity index (χ3n) is 3.29. The minimum atomic E-state index is -0.756. The zero-order valence-corrected chi connectivity index (χ0v) is 14.4. The molecule has 5 nitrogen and oxygen atoms in total. The summed E-state index contributed by atoms with van der Waals surface area (Å²) in [6.45, 7) is 0.162. The molecule has 23 heavy (non-hydrogen) atoms. The lowest BCUT2D eigenvalue weighted by Gasteiger charge is -2.12. The van der Waals surface area contributed by atoms with Gasteiger partial charge in [-0.1, -0.05) is 12.1 Å². The van der Waals surface area contributed by atoms with Crippen molar-refractivity contribution >= 4 is 33.2 Å². The highest BCUT2D eigenvalue weighted by Gasteiger charge is 2.12. The Hall–Kier alpha value is -1.96. The number of aliphatic hydroxyl groups is 1. The summed E-state index contributed by atoms with van der Waals surface area (Å²) < 4.78 is 2.62. The van der Waals surface area contributed by atoms with Gasteiger partial charge >= 0.3 is 0 Å². The van der Waals surface area contributed by atoms with Crippen LogP contribution in [0, 0.1) is 0 Å². The Balaban J connectivity index is 1.60. The number of nitrogens with one attached hydrogen (secondary N) is 1. The Morgan fingerprint density at radius 1 is 1.39 bits per heavy atom. The standard InChI is InChI=1S/C16H14BrN3O2S/c17-12-8-15(23-10-12)16(22)18-9-14(21)11-2-4-13(5-3-11)20-7-1-6-19-20/h1-8,10,14,21H,9H2,(H,18,22). The first-order valence-corrected chi connectivity index (χ1v) is 8.61. The van der Waals surface area contributed by atoms with Crippen molar-refractivity contribution in [3.63, 3.8) is 0 Å². The predicted octanol–water partition coefficient (Wildman–Crippen LogP) is 3.16. The monoisotopic (exact) mass is 391 g/mol. The normalized spacial score (nSPS) is 12.1. The average molecular weight is 392 g/mol. The third-order valence-corrected chi connectivity index (χ3v) is 4.98. The zero-order chi connectivity index (χ0) is 16.2. The summed E-state index contributed by atoms with van der Waals surface area (Å²) in [5.41, 5.74) is 1.66. The predicted molar refractivity (Wildman–Crippen MR) is 92.9 cm³/mol. The lowest BCUT2D eigenvalue weighted by Crippen LogP contribution is -2.27. The van der Waals surface area contributed by atoms with Crippen molar-refractivity contribution in [1.29, 1.82) is 0 Å². The van der Waals surface area contributed by atoms with Gasteiger partial charge in [0, 0.05) is 28.8 Å². The van der Waals surface area contributed by atoms with E-state index in [-0.39, 0.29) is 12.5 Å². The summed E-state index contributed by atoms with van der Waals surface area (Å²) in [5, 5.41) is 18.9. The maximum atomic E-state index is 12.0. The highest BCUT2D eigenvalue weighted by atomic mass is 79.9. The highest BCUT2D eigenvalue weighted by Crippen LogP contribution is 2.20. The summed E-state index contributed by atoms with van der Waals surface area (Å²) in [5.74, 6) is -0.187. The highest BCUT2D eigenvalue weighted by molar-refractivity contribution is 9.10. The number of nitrogens with zero attached hydrogens (tertiary/aromatic N) is 2. The Morgan fingerprint density at radius 2 is 2.17 bits per heavy atom. The number of hydrogen-bond donors (Lipinski definition) is 2. The summed E-state index contributed by atoms with van der Waals surface area (Å²) in [6.07, 6.45) is 2.81. The first kappa shape index (κ1) is 15.9. The molecule has 118 valence electrons. The van der Waals surface area contributed by atoms with Gasteiger partial charge in [0.2, 0.25) is 0 Å². The molecule has 7 heteroatoms. The van der Waals surface area contributed by atoms with Crippen molar-refractivity contribution in [1.82, 2.24) is 15.1 Å². The molecule has 3 aromatic rings. The molecule has 2 aromatic heterocycles. The molecule has 3 rings (SSSR count). The molecule has 2 N–H and O–H groups in total. The zero-order valence-electron chi connectivity index (χ0n) is 12.0. The second kappa shape index (κ2) is 7.08. The average Bonchev–Trinajstić information content (AvgIpc) is 3.24. The van der Waals surface area contributed by atoms with E-state index in [0.717, 1.165) is 15.7 Å². The number of rotatable bonds is 5. The van der Waals surface area contributed by atoms with Crippen LogP contribution >= 0.6 is 27.3 Å². The number of halogens is 1. The minimum Gasteiger partial charge on any atom is -0.387 e. The molecule has 0 radical (unpaired) electrons. The number of aliphatic hydroxyl groups excluding tert-OH is 1. The Kier molecular flexibility index (Phi) is 4.90. The Labute approximate surface area is 145 Å². The smallest absolute Gasteiger partial charge is 0.261 e. The largest absolute Gasteiger partial charge is 0.387 e. The van der Waals surface area contributed by atoms with Gasteiger partial charge in [-0.2, -0.15) is 5.10 Å². The van der Waals surface area contributed by atoms with E-state index >= 15 is 0 Å². The molecule has 2 heterocycles. The summed E-state index contributed by atoms with van der Waals surface area (Å²) in [4.78, 5) is 12.6. The second-order valence-electron chi connectivity index (χ2n) is 4.90. The van der Waals surface area contributed by atoms with Gasteiger partial charge in [0.25, 0.3) is 5.91 Å². The fourth-order valence-corrected chi connectivity index (χ4v) is 3.44. The van der Waals surface area contributed by atoms with Crippen molar-refractivity contribution in [3.8, 4) is 5.69 Å². The van der Waals surface area contributed by atoms with Gasteiger partial charge < -0.3 is 10.4 Å². The van der Waals surface area contributed by atoms with E-state index in [1.807, 2.05) is 41.9 Å². The van der Waals surface area contributed by atoms with Gasteiger partial charge in [0.15, 0.2) is 0 Å². The molecule has 0 aliphatic carbocycles. The quantitative estimate of drug-likeness (QED) is 0.701. The number of carbonyl (C=O) groups excluding carboxylic acids is 1. The van der Waals surface area contributed by atoms with Crippen LogP contribution in [0.2, 0.25) is 0 Å². The van der Waals surface area contributed by atoms with E-state index in [0.29, 0.717) is 4.88 Å². The van der Waals surface area contributed by atoms with E-state index in [2.05, 4.69) is 26.3 Å². The van der Waals surface area contributed by atoms with Crippen LogP contribution in [0.3, 0.4) is 0 Å². The van der Waals surface area contributed by atoms with E-state index in [1.165, 1.54) is 11.3 Å². The van der Waals surface area contributed by atoms with Gasteiger partial charge in [-0.05, 0) is 45.8 Å². The number of amides is 1. The van der Waals surface area contributed by atoms with Crippen molar-refractivity contribution in [2.24, 2.45) is 0 Å². The lowest BCUT2D eigenvalue weighted by molar-refractivity contribution is 0.0920. The van der Waals surface area contributed by atoms with E-state index < -0.39 is 6.10 Å². The van der Waals surface area contributed by atoms with E-state index in [1.54, 1.807) is 16.9 Å². The lowest BCUT2D eigenvalue weighted by atomic mass is 10.1. The number of aromatic nitrogens is 2. The van der Waals surface area contributed by atoms with Crippen LogP contribution in [-0.4, -0.2) is 27.3 Å². The van der Waals surface area contributed by atoms with Crippen LogP contribution in [0.5, 0.6) is 0 Å². The number of carbonyl (C=O) groups is 1. The second-order valence-corrected chi connectivity index (χ2v) is 6.72. The summed E-state index contributed by atoms with van der Waals surface area (Å²) in [7, 11) is 0. The molecule has 0 saturated carbocycles. The third kappa shape index (κ3) is 3.87. The molecule has 1 amide bonds. The molecule has 1 atom stereocenters. The Morgan fingerprint density at radius 3 is 2.78 bits per heavy atom. The molecule has 0 saturated heterocycles. The van der Waals surface area contributed by atoms with Gasteiger partial charge in [0.05, 0.1) is 16.7 Å². The summed E-state index contributed by atoms with van der Waals surface area (Å²) in [6, 6.07) is 11.0. The molecule has 0 spiro atoms. The van der Waals surface area contributed by atoms with Crippen molar-refractivity contribution in [2.75, 3.05) is 6.54 Å². The molecule has 1 aromatic carbocycles. The van der Waals surface area contributed by atoms with Crippen LogP contribution in [0.25, 0.3) is 5.69 Å². The van der Waals surface area contributed by atoms with Crippen LogP contribution in [0.15, 0.2) is 58.6 Å². The van der Waals surface area contributed by atoms with E-state index in [9.17, 15) is 9.90 Å². The molecule has 0 fully saturated rings. The fourth-order valence-electron chi connectivity index (χ4n) is 2.10. The number of benzene rings is 1. The van der Waals surface area contributed by atoms with Crippen molar-refractivity contribution in [3.05, 3.63) is 69.1 Å². The number of hydrogen-bond acceptors (Lipinski definition) is 4. The first-order valence-electron chi connectivity index (χ1n) is 6.94. The Bertz CT molecular complexity index is 784. The van der Waals surface area contributed by atoms with E-state index in [4.69, 9.17) is 0 Å². The first-order chi connectivity index (χ1) is 11.1. The van der Waals surface area contributed by atoms with Crippen LogP contribution in [0.1, 0.15) is 21.3 Å². The maximum Gasteiger partial charge on any atom is 0.261 e. The van der Waals surface area contributed by atoms with Crippen LogP contribution < -0.4 is 5.32 Å². The van der Waals surface area contributed by atoms with Gasteiger partial charge in [-0.25, -0.2) is 4.68 Å². The van der Waals surface area contributed by atoms with Gasteiger partial charge in [-0.15, -0.1) is 11.3 Å². The molecule has 0 aliphatic heterocycles. The van der Waals surface area contributed by atoms with Crippen LogP contribution in [-0.2, 0) is 0 Å². The van der Waals surface area contributed by atoms with Gasteiger partial charge in [0.1, 0.15) is 0 Å². The topological polar surface area (TPSA) is 67.2 Å². The van der Waals surface area contributed by atoms with Crippen molar-refractivity contribution in [2.45, 2.75) is 6.10 Å². The minimum absolute atomic E-state index is 0.162. The number of thiophene rings is 1. The molecular weight excluding hydrogens is 378 g/mol. The SMILES string of the molecule is O=C(NCC(O)c1ccc(-n2cccn2)cc1)c1cc(Br)cs1.